The highest BCUT2D eigenvalue weighted by molar-refractivity contribution is 5.84. The number of pyridine rings is 1. The van der Waals surface area contributed by atoms with Gasteiger partial charge in [0.1, 0.15) is 29.8 Å². The molecule has 0 bridgehead atoms. The SMILES string of the molecule is CC=O.CN.Cc1ccc2cccc(OC3CC(O)C(O)C(CO)O3)c2n1. The monoisotopic (exact) mass is 380 g/mol. The number of ether oxygens (including phenoxy) is 2. The summed E-state index contributed by atoms with van der Waals surface area (Å²) in [6.45, 7) is 2.96. The van der Waals surface area contributed by atoms with Crippen molar-refractivity contribution in [3.05, 3.63) is 36.0 Å². The zero-order chi connectivity index (χ0) is 20.4. The van der Waals surface area contributed by atoms with Crippen molar-refractivity contribution in [1.82, 2.24) is 4.98 Å². The normalized spacial score (nSPS) is 24.1. The maximum absolute atomic E-state index is 9.85. The van der Waals surface area contributed by atoms with Gasteiger partial charge in [0.05, 0.1) is 12.7 Å². The summed E-state index contributed by atoms with van der Waals surface area (Å²) in [4.78, 5) is 13.3. The average molecular weight is 380 g/mol. The van der Waals surface area contributed by atoms with Gasteiger partial charge < -0.3 is 35.3 Å². The maximum atomic E-state index is 9.85. The zero-order valence-corrected chi connectivity index (χ0v) is 15.8. The largest absolute Gasteiger partial charge is 0.463 e. The van der Waals surface area contributed by atoms with Crippen LogP contribution in [0.2, 0.25) is 0 Å². The fourth-order valence-electron chi connectivity index (χ4n) is 2.60. The Hall–Kier alpha value is -2.10. The van der Waals surface area contributed by atoms with E-state index in [1.165, 1.54) is 14.0 Å². The molecule has 1 aliphatic heterocycles. The van der Waals surface area contributed by atoms with Crippen LogP contribution >= 0.6 is 0 Å². The van der Waals surface area contributed by atoms with Gasteiger partial charge in [-0.2, -0.15) is 0 Å². The molecule has 5 N–H and O–H groups in total. The first-order chi connectivity index (χ1) is 13.0. The molecule has 3 rings (SSSR count). The molecule has 2 heterocycles. The second kappa shape index (κ2) is 11.6. The van der Waals surface area contributed by atoms with Crippen LogP contribution in [0.1, 0.15) is 19.0 Å². The van der Waals surface area contributed by atoms with Crippen molar-refractivity contribution in [1.29, 1.82) is 0 Å². The fourth-order valence-corrected chi connectivity index (χ4v) is 2.60. The molecular weight excluding hydrogens is 352 g/mol. The summed E-state index contributed by atoms with van der Waals surface area (Å²) in [5.74, 6) is 0.548. The van der Waals surface area contributed by atoms with Crippen molar-refractivity contribution in [2.75, 3.05) is 13.7 Å². The number of carbonyl (C=O) groups is 1. The van der Waals surface area contributed by atoms with Gasteiger partial charge in [-0.1, -0.05) is 18.2 Å². The maximum Gasteiger partial charge on any atom is 0.203 e. The van der Waals surface area contributed by atoms with E-state index in [9.17, 15) is 15.3 Å². The van der Waals surface area contributed by atoms with Crippen LogP contribution in [0.3, 0.4) is 0 Å². The number of benzene rings is 1. The molecule has 1 fully saturated rings. The molecule has 0 spiro atoms. The minimum atomic E-state index is -1.11. The summed E-state index contributed by atoms with van der Waals surface area (Å²) in [5.41, 5.74) is 6.09. The Kier molecular flexibility index (Phi) is 9.84. The second-order valence-corrected chi connectivity index (χ2v) is 5.71. The van der Waals surface area contributed by atoms with E-state index >= 15 is 0 Å². The molecule has 1 aromatic carbocycles. The van der Waals surface area contributed by atoms with Crippen LogP contribution < -0.4 is 10.5 Å². The Bertz CT molecular complexity index is 712. The molecule has 2 aromatic rings. The number of hydrogen-bond donors (Lipinski definition) is 4. The van der Waals surface area contributed by atoms with Crippen LogP contribution in [-0.2, 0) is 9.53 Å². The predicted molar refractivity (Wildman–Crippen MR) is 101 cm³/mol. The number of aliphatic hydroxyl groups is 3. The number of aryl methyl sites for hydroxylation is 1. The van der Waals surface area contributed by atoms with Crippen molar-refractivity contribution in [3.63, 3.8) is 0 Å². The number of aldehydes is 1. The lowest BCUT2D eigenvalue weighted by Gasteiger charge is -2.36. The molecule has 8 heteroatoms. The van der Waals surface area contributed by atoms with Gasteiger partial charge in [-0.3, -0.25) is 0 Å². The first kappa shape index (κ1) is 22.9. The van der Waals surface area contributed by atoms with Crippen LogP contribution in [0.15, 0.2) is 30.3 Å². The molecule has 4 atom stereocenters. The smallest absolute Gasteiger partial charge is 0.203 e. The Labute approximate surface area is 158 Å². The molecule has 0 amide bonds. The Balaban J connectivity index is 0.000000665. The lowest BCUT2D eigenvalue weighted by molar-refractivity contribution is -0.229. The summed E-state index contributed by atoms with van der Waals surface area (Å²) in [6, 6.07) is 9.45. The van der Waals surface area contributed by atoms with E-state index in [0.29, 0.717) is 11.3 Å². The number of aliphatic hydroxyl groups excluding tert-OH is 3. The molecule has 8 nitrogen and oxygen atoms in total. The Morgan fingerprint density at radius 3 is 2.59 bits per heavy atom. The summed E-state index contributed by atoms with van der Waals surface area (Å²) in [5, 5.41) is 29.7. The highest BCUT2D eigenvalue weighted by Gasteiger charge is 2.37. The van der Waals surface area contributed by atoms with E-state index in [1.807, 2.05) is 31.2 Å². The highest BCUT2D eigenvalue weighted by atomic mass is 16.7. The van der Waals surface area contributed by atoms with Gasteiger partial charge in [-0.05, 0) is 33.0 Å². The van der Waals surface area contributed by atoms with Gasteiger partial charge in [0.15, 0.2) is 0 Å². The van der Waals surface area contributed by atoms with Crippen molar-refractivity contribution < 1.29 is 29.6 Å². The molecule has 27 heavy (non-hydrogen) atoms. The van der Waals surface area contributed by atoms with E-state index in [1.54, 1.807) is 6.07 Å². The number of aromatic nitrogens is 1. The lowest BCUT2D eigenvalue weighted by Crippen LogP contribution is -2.51. The number of nitrogens with two attached hydrogens (primary N) is 1. The minimum Gasteiger partial charge on any atom is -0.463 e. The molecule has 1 aliphatic rings. The molecule has 0 aliphatic carbocycles. The van der Waals surface area contributed by atoms with Gasteiger partial charge in [-0.15, -0.1) is 0 Å². The standard InChI is InChI=1S/C16H19NO5.C2H4O.CH5N/c1-9-5-6-10-3-2-4-12(15(10)17-9)21-14-7-11(19)16(20)13(8-18)22-14;1-2-3;1-2/h2-6,11,13-14,16,18-20H,7-8H2,1H3;2H,1H3;2H2,1H3. The Morgan fingerprint density at radius 2 is 1.96 bits per heavy atom. The van der Waals surface area contributed by atoms with E-state index in [2.05, 4.69) is 10.7 Å². The minimum absolute atomic E-state index is 0.125. The number of rotatable bonds is 3. The van der Waals surface area contributed by atoms with Crippen molar-refractivity contribution in [2.45, 2.75) is 44.9 Å². The van der Waals surface area contributed by atoms with E-state index in [4.69, 9.17) is 14.3 Å². The highest BCUT2D eigenvalue weighted by Crippen LogP contribution is 2.28. The predicted octanol–water partition coefficient (Wildman–Crippen LogP) is 0.531. The zero-order valence-electron chi connectivity index (χ0n) is 15.8. The third kappa shape index (κ3) is 6.23. The van der Waals surface area contributed by atoms with Crippen LogP contribution in [0.25, 0.3) is 10.9 Å². The van der Waals surface area contributed by atoms with Gasteiger partial charge in [0.25, 0.3) is 0 Å². The molecule has 4 unspecified atom stereocenters. The van der Waals surface area contributed by atoms with Crippen LogP contribution in [-0.4, -0.2) is 64.8 Å². The van der Waals surface area contributed by atoms with E-state index in [0.717, 1.165) is 17.4 Å². The number of hydrogen-bond acceptors (Lipinski definition) is 8. The number of carbonyl (C=O) groups excluding carboxylic acids is 1. The van der Waals surface area contributed by atoms with Crippen molar-refractivity contribution in [2.24, 2.45) is 5.73 Å². The molecule has 0 radical (unpaired) electrons. The third-order valence-corrected chi connectivity index (χ3v) is 3.80. The molecule has 0 saturated carbocycles. The molecule has 1 aromatic heterocycles. The van der Waals surface area contributed by atoms with Crippen LogP contribution in [0.4, 0.5) is 0 Å². The summed E-state index contributed by atoms with van der Waals surface area (Å²) < 4.78 is 11.3. The fraction of sp³-hybridized carbons (Fsp3) is 0.474. The number of nitrogens with zero attached hydrogens (tertiary/aromatic N) is 1. The van der Waals surface area contributed by atoms with Gasteiger partial charge in [0.2, 0.25) is 6.29 Å². The first-order valence-corrected chi connectivity index (χ1v) is 8.63. The quantitative estimate of drug-likeness (QED) is 0.566. The average Bonchev–Trinajstić information content (AvgIpc) is 2.67. The molecular formula is C19H28N2O6. The summed E-state index contributed by atoms with van der Waals surface area (Å²) in [7, 11) is 1.50. The van der Waals surface area contributed by atoms with Crippen molar-refractivity contribution in [3.8, 4) is 5.75 Å². The van der Waals surface area contributed by atoms with Crippen LogP contribution in [0, 0.1) is 6.92 Å². The third-order valence-electron chi connectivity index (χ3n) is 3.80. The first-order valence-electron chi connectivity index (χ1n) is 8.63. The second-order valence-electron chi connectivity index (χ2n) is 5.71. The van der Waals surface area contributed by atoms with E-state index < -0.39 is 24.6 Å². The van der Waals surface area contributed by atoms with Crippen LogP contribution in [0.5, 0.6) is 5.75 Å². The Morgan fingerprint density at radius 1 is 1.30 bits per heavy atom. The van der Waals surface area contributed by atoms with Gasteiger partial charge in [-0.25, -0.2) is 4.98 Å². The number of para-hydroxylation sites is 1. The van der Waals surface area contributed by atoms with Crippen molar-refractivity contribution >= 4 is 17.2 Å². The summed E-state index contributed by atoms with van der Waals surface area (Å²) in [6.07, 6.45) is -2.85. The van der Waals surface area contributed by atoms with Gasteiger partial charge in [0, 0.05) is 17.5 Å². The summed E-state index contributed by atoms with van der Waals surface area (Å²) >= 11 is 0. The number of fused-ring (bicyclic) bond motifs is 1. The lowest BCUT2D eigenvalue weighted by atomic mass is 10.0. The molecule has 150 valence electrons. The topological polar surface area (TPSA) is 135 Å². The molecule has 1 saturated heterocycles. The van der Waals surface area contributed by atoms with Gasteiger partial charge >= 0.3 is 0 Å². The van der Waals surface area contributed by atoms with E-state index in [-0.39, 0.29) is 13.0 Å².